The van der Waals surface area contributed by atoms with Crippen LogP contribution in [0.2, 0.25) is 0 Å². The highest BCUT2D eigenvalue weighted by Crippen LogP contribution is 2.25. The summed E-state index contributed by atoms with van der Waals surface area (Å²) in [6.07, 6.45) is 1.86. The summed E-state index contributed by atoms with van der Waals surface area (Å²) in [4.78, 5) is 5.39. The molecule has 0 aliphatic rings. The number of halogens is 1. The molecule has 5 heteroatoms. The maximum atomic E-state index is 5.81. The van der Waals surface area contributed by atoms with Crippen LogP contribution in [0.3, 0.4) is 0 Å². The molecule has 0 fully saturated rings. The van der Waals surface area contributed by atoms with Crippen molar-refractivity contribution in [2.45, 2.75) is 20.5 Å². The number of anilines is 1. The van der Waals surface area contributed by atoms with E-state index in [-0.39, 0.29) is 0 Å². The summed E-state index contributed by atoms with van der Waals surface area (Å²) in [5.74, 6) is 0.905. The Morgan fingerprint density at radius 3 is 3.06 bits per heavy atom. The molecule has 96 valence electrons. The second kappa shape index (κ2) is 6.20. The number of nitrogens with zero attached hydrogens (tertiary/aromatic N) is 1. The monoisotopic (exact) mass is 326 g/mol. The molecule has 0 radical (unpaired) electrons. The van der Waals surface area contributed by atoms with Gasteiger partial charge in [-0.15, -0.1) is 0 Å². The molecule has 0 bridgehead atoms. The normalized spacial score (nSPS) is 10.4. The lowest BCUT2D eigenvalue weighted by atomic mass is 10.2. The Bertz CT molecular complexity index is 527. The predicted molar refractivity (Wildman–Crippen MR) is 79.5 cm³/mol. The predicted octanol–water partition coefficient (Wildman–Crippen LogP) is 4.22. The lowest BCUT2D eigenvalue weighted by molar-refractivity contribution is 0.307. The van der Waals surface area contributed by atoms with E-state index >= 15 is 0 Å². The van der Waals surface area contributed by atoms with Crippen molar-refractivity contribution in [3.8, 4) is 5.75 Å². The highest BCUT2D eigenvalue weighted by Gasteiger charge is 2.04. The molecule has 0 saturated heterocycles. The van der Waals surface area contributed by atoms with Crippen molar-refractivity contribution in [1.29, 1.82) is 0 Å². The SMILES string of the molecule is CCNc1ncc(COc2cc(Br)ccc2C)s1. The van der Waals surface area contributed by atoms with Crippen LogP contribution in [-0.4, -0.2) is 11.5 Å². The average molecular weight is 327 g/mol. The van der Waals surface area contributed by atoms with Crippen LogP contribution in [0.1, 0.15) is 17.4 Å². The minimum Gasteiger partial charge on any atom is -0.488 e. The summed E-state index contributed by atoms with van der Waals surface area (Å²) < 4.78 is 6.84. The minimum absolute atomic E-state index is 0.556. The van der Waals surface area contributed by atoms with E-state index in [1.165, 1.54) is 0 Å². The van der Waals surface area contributed by atoms with Gasteiger partial charge in [0.15, 0.2) is 5.13 Å². The van der Waals surface area contributed by atoms with Gasteiger partial charge in [0.25, 0.3) is 0 Å². The van der Waals surface area contributed by atoms with E-state index in [1.54, 1.807) is 11.3 Å². The summed E-state index contributed by atoms with van der Waals surface area (Å²) in [7, 11) is 0. The van der Waals surface area contributed by atoms with E-state index in [0.717, 1.165) is 32.3 Å². The maximum Gasteiger partial charge on any atom is 0.182 e. The van der Waals surface area contributed by atoms with Crippen LogP contribution in [-0.2, 0) is 6.61 Å². The Kier molecular flexibility index (Phi) is 4.60. The molecule has 1 aromatic heterocycles. The van der Waals surface area contributed by atoms with E-state index in [0.29, 0.717) is 6.61 Å². The first-order chi connectivity index (χ1) is 8.69. The number of hydrogen-bond donors (Lipinski definition) is 1. The lowest BCUT2D eigenvalue weighted by Gasteiger charge is -2.07. The molecule has 2 aromatic rings. The van der Waals surface area contributed by atoms with Crippen LogP contribution in [0.25, 0.3) is 0 Å². The molecule has 2 rings (SSSR count). The number of aromatic nitrogens is 1. The molecule has 0 spiro atoms. The van der Waals surface area contributed by atoms with Gasteiger partial charge in [-0.1, -0.05) is 33.3 Å². The van der Waals surface area contributed by atoms with Crippen LogP contribution < -0.4 is 10.1 Å². The first-order valence-electron chi connectivity index (χ1n) is 5.76. The summed E-state index contributed by atoms with van der Waals surface area (Å²) in [5, 5.41) is 4.14. The van der Waals surface area contributed by atoms with E-state index in [2.05, 4.69) is 33.2 Å². The second-order valence-electron chi connectivity index (χ2n) is 3.86. The number of nitrogens with one attached hydrogen (secondary N) is 1. The van der Waals surface area contributed by atoms with E-state index < -0.39 is 0 Å². The summed E-state index contributed by atoms with van der Waals surface area (Å²) in [6, 6.07) is 6.04. The smallest absolute Gasteiger partial charge is 0.182 e. The van der Waals surface area contributed by atoms with Gasteiger partial charge in [0.1, 0.15) is 12.4 Å². The average Bonchev–Trinajstić information content (AvgIpc) is 2.79. The molecule has 0 unspecified atom stereocenters. The molecule has 1 aromatic carbocycles. The van der Waals surface area contributed by atoms with Crippen molar-refractivity contribution in [1.82, 2.24) is 4.98 Å². The van der Waals surface area contributed by atoms with Gasteiger partial charge >= 0.3 is 0 Å². The largest absolute Gasteiger partial charge is 0.488 e. The van der Waals surface area contributed by atoms with Crippen LogP contribution in [0.4, 0.5) is 5.13 Å². The Balaban J connectivity index is 1.99. The van der Waals surface area contributed by atoms with Gasteiger partial charge in [0.2, 0.25) is 0 Å². The molecule has 0 amide bonds. The zero-order valence-electron chi connectivity index (χ0n) is 10.4. The van der Waals surface area contributed by atoms with Gasteiger partial charge in [-0.05, 0) is 31.5 Å². The zero-order valence-corrected chi connectivity index (χ0v) is 12.8. The van der Waals surface area contributed by atoms with E-state index in [1.807, 2.05) is 31.3 Å². The topological polar surface area (TPSA) is 34.2 Å². The zero-order chi connectivity index (χ0) is 13.0. The summed E-state index contributed by atoms with van der Waals surface area (Å²) in [6.45, 7) is 5.54. The molecule has 1 N–H and O–H groups in total. The molecule has 1 heterocycles. The van der Waals surface area contributed by atoms with Crippen molar-refractivity contribution in [3.63, 3.8) is 0 Å². The summed E-state index contributed by atoms with van der Waals surface area (Å²) in [5.41, 5.74) is 1.13. The Morgan fingerprint density at radius 2 is 2.28 bits per heavy atom. The number of rotatable bonds is 5. The van der Waals surface area contributed by atoms with Crippen molar-refractivity contribution in [2.24, 2.45) is 0 Å². The fourth-order valence-corrected chi connectivity index (χ4v) is 2.62. The summed E-state index contributed by atoms with van der Waals surface area (Å²) >= 11 is 5.08. The molecular formula is C13H15BrN2OS. The molecule has 0 saturated carbocycles. The fourth-order valence-electron chi connectivity index (χ4n) is 1.49. The third-order valence-corrected chi connectivity index (χ3v) is 3.82. The van der Waals surface area contributed by atoms with Crippen molar-refractivity contribution >= 4 is 32.4 Å². The Morgan fingerprint density at radius 1 is 1.44 bits per heavy atom. The number of thiazole rings is 1. The number of benzene rings is 1. The van der Waals surface area contributed by atoms with Crippen LogP contribution in [0.5, 0.6) is 5.75 Å². The third kappa shape index (κ3) is 3.46. The molecule has 0 atom stereocenters. The van der Waals surface area contributed by atoms with Gasteiger partial charge in [-0.2, -0.15) is 0 Å². The third-order valence-electron chi connectivity index (χ3n) is 2.40. The first kappa shape index (κ1) is 13.4. The molecule has 18 heavy (non-hydrogen) atoms. The van der Waals surface area contributed by atoms with Crippen molar-refractivity contribution in [2.75, 3.05) is 11.9 Å². The van der Waals surface area contributed by atoms with Crippen LogP contribution in [0.15, 0.2) is 28.9 Å². The standard InChI is InChI=1S/C13H15BrN2OS/c1-3-15-13-16-7-11(18-13)8-17-12-6-10(14)5-4-9(12)2/h4-7H,3,8H2,1-2H3,(H,15,16). The molecule has 0 aliphatic heterocycles. The highest BCUT2D eigenvalue weighted by molar-refractivity contribution is 9.10. The van der Waals surface area contributed by atoms with Gasteiger partial charge in [0.05, 0.1) is 4.88 Å². The van der Waals surface area contributed by atoms with Crippen LogP contribution >= 0.6 is 27.3 Å². The van der Waals surface area contributed by atoms with Gasteiger partial charge in [-0.3, -0.25) is 0 Å². The minimum atomic E-state index is 0.556. The number of ether oxygens (including phenoxy) is 1. The van der Waals surface area contributed by atoms with Crippen molar-refractivity contribution in [3.05, 3.63) is 39.3 Å². The van der Waals surface area contributed by atoms with Gasteiger partial charge < -0.3 is 10.1 Å². The van der Waals surface area contributed by atoms with Gasteiger partial charge in [0, 0.05) is 17.2 Å². The lowest BCUT2D eigenvalue weighted by Crippen LogP contribution is -1.95. The molecule has 0 aliphatic carbocycles. The van der Waals surface area contributed by atoms with E-state index in [9.17, 15) is 0 Å². The molecule has 3 nitrogen and oxygen atoms in total. The van der Waals surface area contributed by atoms with E-state index in [4.69, 9.17) is 4.74 Å². The Labute approximate surface area is 119 Å². The number of hydrogen-bond acceptors (Lipinski definition) is 4. The van der Waals surface area contributed by atoms with Crippen molar-refractivity contribution < 1.29 is 4.74 Å². The number of aryl methyl sites for hydroxylation is 1. The fraction of sp³-hybridized carbons (Fsp3) is 0.308. The highest BCUT2D eigenvalue weighted by atomic mass is 79.9. The second-order valence-corrected chi connectivity index (χ2v) is 5.89. The Hall–Kier alpha value is -1.07. The first-order valence-corrected chi connectivity index (χ1v) is 7.37. The quantitative estimate of drug-likeness (QED) is 0.892. The van der Waals surface area contributed by atoms with Gasteiger partial charge in [-0.25, -0.2) is 4.98 Å². The van der Waals surface area contributed by atoms with Crippen LogP contribution in [0, 0.1) is 6.92 Å². The maximum absolute atomic E-state index is 5.81. The molecular weight excluding hydrogens is 312 g/mol.